The summed E-state index contributed by atoms with van der Waals surface area (Å²) in [6.07, 6.45) is 5.26. The smallest absolute Gasteiger partial charge is 0.132 e. The van der Waals surface area contributed by atoms with E-state index in [1.54, 1.807) is 17.6 Å². The van der Waals surface area contributed by atoms with Crippen LogP contribution >= 0.6 is 11.6 Å². The van der Waals surface area contributed by atoms with Crippen molar-refractivity contribution in [3.8, 4) is 23.6 Å². The molecule has 0 fully saturated rings. The van der Waals surface area contributed by atoms with E-state index in [-0.39, 0.29) is 0 Å². The average Bonchev–Trinajstić information content (AvgIpc) is 2.56. The Morgan fingerprint density at radius 3 is 2.83 bits per heavy atom. The maximum Gasteiger partial charge on any atom is 0.132 e. The number of imidazole rings is 1. The van der Waals surface area contributed by atoms with Gasteiger partial charge in [-0.3, -0.25) is 0 Å². The van der Waals surface area contributed by atoms with Crippen LogP contribution in [0.4, 0.5) is 10.2 Å². The number of halogens is 2. The molecule has 0 saturated heterocycles. The predicted molar refractivity (Wildman–Crippen MR) is 70.6 cm³/mol. The number of rotatable bonds is 2. The van der Waals surface area contributed by atoms with Crippen molar-refractivity contribution in [1.82, 2.24) is 9.55 Å². The number of hydrogen-bond donors (Lipinski definition) is 1. The zero-order valence-corrected chi connectivity index (χ0v) is 10.5. The molecular weight excluding hydrogens is 253 g/mol. The van der Waals surface area contributed by atoms with Gasteiger partial charge in [-0.25, -0.2) is 9.37 Å². The summed E-state index contributed by atoms with van der Waals surface area (Å²) in [6, 6.07) is 4.18. The quantitative estimate of drug-likeness (QED) is 0.847. The first-order valence-corrected chi connectivity index (χ1v) is 5.63. The fourth-order valence-electron chi connectivity index (χ4n) is 1.78. The van der Waals surface area contributed by atoms with Gasteiger partial charge in [-0.2, -0.15) is 0 Å². The fourth-order valence-corrected chi connectivity index (χ4v) is 2.00. The standard InChI is InChI=1S/C13H11ClFN3/c1-3-4-18-8(2)17-12(13(18)16)9-5-10(14)7-11(15)6-9/h1,5-7H,4,16H2,2H3. The van der Waals surface area contributed by atoms with Crippen molar-refractivity contribution in [2.45, 2.75) is 13.5 Å². The number of aromatic nitrogens is 2. The maximum atomic E-state index is 13.3. The van der Waals surface area contributed by atoms with Crippen LogP contribution in [-0.2, 0) is 6.54 Å². The van der Waals surface area contributed by atoms with E-state index in [2.05, 4.69) is 10.9 Å². The molecule has 2 rings (SSSR count). The summed E-state index contributed by atoms with van der Waals surface area (Å²) < 4.78 is 15.0. The number of nitrogens with zero attached hydrogens (tertiary/aromatic N) is 2. The molecule has 3 nitrogen and oxygen atoms in total. The number of benzene rings is 1. The number of anilines is 1. The van der Waals surface area contributed by atoms with Crippen LogP contribution in [-0.4, -0.2) is 9.55 Å². The van der Waals surface area contributed by atoms with Crippen LogP contribution in [0.15, 0.2) is 18.2 Å². The van der Waals surface area contributed by atoms with Gasteiger partial charge in [0.1, 0.15) is 23.2 Å². The summed E-state index contributed by atoms with van der Waals surface area (Å²) in [6.45, 7) is 2.12. The van der Waals surface area contributed by atoms with Crippen molar-refractivity contribution in [3.63, 3.8) is 0 Å². The molecule has 0 spiro atoms. The largest absolute Gasteiger partial charge is 0.383 e. The first-order valence-electron chi connectivity index (χ1n) is 5.25. The molecule has 0 aliphatic heterocycles. The molecule has 0 unspecified atom stereocenters. The lowest BCUT2D eigenvalue weighted by Gasteiger charge is -2.03. The third-order valence-electron chi connectivity index (χ3n) is 2.58. The van der Waals surface area contributed by atoms with Crippen LogP contribution in [0.3, 0.4) is 0 Å². The van der Waals surface area contributed by atoms with Gasteiger partial charge < -0.3 is 10.3 Å². The van der Waals surface area contributed by atoms with Crippen molar-refractivity contribution in [1.29, 1.82) is 0 Å². The highest BCUT2D eigenvalue weighted by Gasteiger charge is 2.14. The predicted octanol–water partition coefficient (Wildman–Crippen LogP) is 2.87. The molecule has 0 aliphatic carbocycles. The van der Waals surface area contributed by atoms with Crippen LogP contribution in [0.5, 0.6) is 0 Å². The molecule has 2 N–H and O–H groups in total. The van der Waals surface area contributed by atoms with E-state index in [1.165, 1.54) is 12.1 Å². The maximum absolute atomic E-state index is 13.3. The van der Waals surface area contributed by atoms with Crippen molar-refractivity contribution >= 4 is 17.4 Å². The summed E-state index contributed by atoms with van der Waals surface area (Å²) in [5.41, 5.74) is 6.99. The Bertz CT molecular complexity index is 620. The Morgan fingerprint density at radius 2 is 2.22 bits per heavy atom. The minimum atomic E-state index is -0.430. The normalized spacial score (nSPS) is 10.3. The Kier molecular flexibility index (Phi) is 3.26. The molecular formula is C13H11ClFN3. The van der Waals surface area contributed by atoms with Crippen molar-refractivity contribution in [2.75, 3.05) is 5.73 Å². The Balaban J connectivity index is 2.58. The van der Waals surface area contributed by atoms with Gasteiger partial charge in [0.05, 0.1) is 6.54 Å². The lowest BCUT2D eigenvalue weighted by Crippen LogP contribution is -2.03. The summed E-state index contributed by atoms with van der Waals surface area (Å²) in [5, 5.41) is 0.300. The van der Waals surface area contributed by atoms with Crippen LogP contribution in [0.25, 0.3) is 11.3 Å². The zero-order valence-electron chi connectivity index (χ0n) is 9.74. The van der Waals surface area contributed by atoms with Gasteiger partial charge in [0.25, 0.3) is 0 Å². The molecule has 0 radical (unpaired) electrons. The molecule has 0 aliphatic rings. The van der Waals surface area contributed by atoms with Crippen LogP contribution in [0.2, 0.25) is 5.02 Å². The highest BCUT2D eigenvalue weighted by Crippen LogP contribution is 2.29. The molecule has 92 valence electrons. The molecule has 5 heteroatoms. The highest BCUT2D eigenvalue weighted by molar-refractivity contribution is 6.30. The van der Waals surface area contributed by atoms with Gasteiger partial charge in [0.15, 0.2) is 0 Å². The first kappa shape index (κ1) is 12.5. The minimum Gasteiger partial charge on any atom is -0.383 e. The van der Waals surface area contributed by atoms with Gasteiger partial charge in [0.2, 0.25) is 0 Å². The van der Waals surface area contributed by atoms with Crippen LogP contribution < -0.4 is 5.73 Å². The first-order chi connectivity index (χ1) is 8.52. The highest BCUT2D eigenvalue weighted by atomic mass is 35.5. The molecule has 0 amide bonds. The average molecular weight is 264 g/mol. The van der Waals surface area contributed by atoms with E-state index in [1.807, 2.05) is 0 Å². The number of nitrogen functional groups attached to an aromatic ring is 1. The fraction of sp³-hybridized carbons (Fsp3) is 0.154. The topological polar surface area (TPSA) is 43.8 Å². The van der Waals surface area contributed by atoms with Gasteiger partial charge in [-0.1, -0.05) is 17.5 Å². The monoisotopic (exact) mass is 263 g/mol. The lowest BCUT2D eigenvalue weighted by atomic mass is 10.1. The van der Waals surface area contributed by atoms with Gasteiger partial charge >= 0.3 is 0 Å². The number of hydrogen-bond acceptors (Lipinski definition) is 2. The van der Waals surface area contributed by atoms with E-state index in [9.17, 15) is 4.39 Å². The van der Waals surface area contributed by atoms with Crippen LogP contribution in [0, 0.1) is 25.1 Å². The third-order valence-corrected chi connectivity index (χ3v) is 2.80. The summed E-state index contributed by atoms with van der Waals surface area (Å²) >= 11 is 5.81. The number of nitrogens with two attached hydrogens (primary N) is 1. The van der Waals surface area contributed by atoms with E-state index in [0.717, 1.165) is 0 Å². The van der Waals surface area contributed by atoms with Crippen molar-refractivity contribution < 1.29 is 4.39 Å². The molecule has 18 heavy (non-hydrogen) atoms. The molecule has 0 bridgehead atoms. The Hall–Kier alpha value is -1.99. The Labute approximate surface area is 109 Å². The number of aryl methyl sites for hydroxylation is 1. The third kappa shape index (κ3) is 2.18. The van der Waals surface area contributed by atoms with E-state index < -0.39 is 5.82 Å². The Morgan fingerprint density at radius 1 is 1.50 bits per heavy atom. The SMILES string of the molecule is C#CCn1c(C)nc(-c2cc(F)cc(Cl)c2)c1N. The van der Waals surface area contributed by atoms with Crippen molar-refractivity contribution in [3.05, 3.63) is 34.9 Å². The summed E-state index contributed by atoms with van der Waals surface area (Å²) in [4.78, 5) is 4.30. The van der Waals surface area contributed by atoms with E-state index >= 15 is 0 Å². The molecule has 1 heterocycles. The molecule has 0 atom stereocenters. The molecule has 1 aromatic carbocycles. The second kappa shape index (κ2) is 4.71. The van der Waals surface area contributed by atoms with Gasteiger partial charge in [-0.05, 0) is 25.1 Å². The second-order valence-electron chi connectivity index (χ2n) is 3.84. The molecule has 2 aromatic rings. The van der Waals surface area contributed by atoms with E-state index in [4.69, 9.17) is 23.8 Å². The minimum absolute atomic E-state index is 0.300. The second-order valence-corrected chi connectivity index (χ2v) is 4.28. The zero-order chi connectivity index (χ0) is 13.3. The lowest BCUT2D eigenvalue weighted by molar-refractivity contribution is 0.628. The van der Waals surface area contributed by atoms with Crippen LogP contribution in [0.1, 0.15) is 5.82 Å². The summed E-state index contributed by atoms with van der Waals surface area (Å²) in [5.74, 6) is 3.16. The molecule has 1 aromatic heterocycles. The van der Waals surface area contributed by atoms with Crippen molar-refractivity contribution in [2.24, 2.45) is 0 Å². The van der Waals surface area contributed by atoms with E-state index in [0.29, 0.717) is 34.5 Å². The summed E-state index contributed by atoms with van der Waals surface area (Å²) in [7, 11) is 0. The molecule has 0 saturated carbocycles. The van der Waals surface area contributed by atoms with Gasteiger partial charge in [-0.15, -0.1) is 6.42 Å². The number of terminal acetylenes is 1. The van der Waals surface area contributed by atoms with Gasteiger partial charge in [0, 0.05) is 10.6 Å².